The average Bonchev–Trinajstić information content (AvgIpc) is 2.34. The molecule has 0 bridgehead atoms. The lowest BCUT2D eigenvalue weighted by molar-refractivity contribution is 0.599. The third-order valence-electron chi connectivity index (χ3n) is 2.86. The van der Waals surface area contributed by atoms with E-state index in [1.807, 2.05) is 28.8 Å². The van der Waals surface area contributed by atoms with E-state index in [4.69, 9.17) is 0 Å². The first kappa shape index (κ1) is 11.8. The molecule has 0 N–H and O–H groups in total. The largest absolute Gasteiger partial charge is 0.296 e. The molecule has 0 aliphatic carbocycles. The molecule has 0 unspecified atom stereocenters. The summed E-state index contributed by atoms with van der Waals surface area (Å²) in [4.78, 5) is 16.9. The van der Waals surface area contributed by atoms with Gasteiger partial charge in [-0.2, -0.15) is 0 Å². The van der Waals surface area contributed by atoms with Gasteiger partial charge in [0.15, 0.2) is 0 Å². The van der Waals surface area contributed by atoms with E-state index in [1.165, 1.54) is 0 Å². The number of nitrogens with zero attached hydrogens (tertiary/aromatic N) is 2. The van der Waals surface area contributed by atoms with Crippen LogP contribution in [-0.2, 0) is 13.0 Å². The van der Waals surface area contributed by atoms with Gasteiger partial charge in [0.1, 0.15) is 5.82 Å². The van der Waals surface area contributed by atoms with Crippen molar-refractivity contribution in [1.29, 1.82) is 0 Å². The average molecular weight is 230 g/mol. The molecule has 1 aromatic heterocycles. The normalized spacial score (nSPS) is 10.9. The number of para-hydroxylation sites is 1. The molecule has 17 heavy (non-hydrogen) atoms. The van der Waals surface area contributed by atoms with Crippen LogP contribution in [0.5, 0.6) is 0 Å². The van der Waals surface area contributed by atoms with Crippen LogP contribution in [0, 0.1) is 0 Å². The van der Waals surface area contributed by atoms with Crippen LogP contribution in [0.2, 0.25) is 0 Å². The van der Waals surface area contributed by atoms with Crippen LogP contribution >= 0.6 is 0 Å². The SMILES string of the molecule is CCCc1nc2ccccc2c(=O)n1CCC. The highest BCUT2D eigenvalue weighted by atomic mass is 16.1. The van der Waals surface area contributed by atoms with Gasteiger partial charge in [0.2, 0.25) is 0 Å². The third kappa shape index (κ3) is 2.23. The Bertz CT molecular complexity index is 572. The van der Waals surface area contributed by atoms with Crippen LogP contribution in [0.15, 0.2) is 29.1 Å². The van der Waals surface area contributed by atoms with Crippen molar-refractivity contribution in [2.24, 2.45) is 0 Å². The van der Waals surface area contributed by atoms with Gasteiger partial charge in [0, 0.05) is 13.0 Å². The maximum absolute atomic E-state index is 12.3. The van der Waals surface area contributed by atoms with Crippen molar-refractivity contribution in [3.63, 3.8) is 0 Å². The fraction of sp³-hybridized carbons (Fsp3) is 0.429. The van der Waals surface area contributed by atoms with Crippen LogP contribution in [0.25, 0.3) is 10.9 Å². The molecule has 0 saturated heterocycles. The second kappa shape index (κ2) is 5.13. The highest BCUT2D eigenvalue weighted by Gasteiger charge is 2.08. The maximum Gasteiger partial charge on any atom is 0.261 e. The lowest BCUT2D eigenvalue weighted by Crippen LogP contribution is -2.25. The van der Waals surface area contributed by atoms with Crippen molar-refractivity contribution in [3.8, 4) is 0 Å². The summed E-state index contributed by atoms with van der Waals surface area (Å²) in [7, 11) is 0. The molecule has 0 aliphatic rings. The molecule has 1 aromatic carbocycles. The van der Waals surface area contributed by atoms with Gasteiger partial charge in [-0.1, -0.05) is 26.0 Å². The van der Waals surface area contributed by atoms with Crippen molar-refractivity contribution >= 4 is 10.9 Å². The number of benzene rings is 1. The Morgan fingerprint density at radius 2 is 1.94 bits per heavy atom. The van der Waals surface area contributed by atoms with E-state index in [-0.39, 0.29) is 5.56 Å². The summed E-state index contributed by atoms with van der Waals surface area (Å²) in [6.07, 6.45) is 2.82. The predicted octanol–water partition coefficient (Wildman–Crippen LogP) is 2.76. The first-order valence-corrected chi connectivity index (χ1v) is 6.26. The third-order valence-corrected chi connectivity index (χ3v) is 2.86. The Morgan fingerprint density at radius 1 is 1.18 bits per heavy atom. The molecule has 2 rings (SSSR count). The van der Waals surface area contributed by atoms with Crippen molar-refractivity contribution in [1.82, 2.24) is 9.55 Å². The molecule has 3 heteroatoms. The van der Waals surface area contributed by atoms with E-state index in [0.717, 1.165) is 42.5 Å². The summed E-state index contributed by atoms with van der Waals surface area (Å²) in [5.74, 6) is 0.915. The van der Waals surface area contributed by atoms with Gasteiger partial charge in [0.05, 0.1) is 10.9 Å². The van der Waals surface area contributed by atoms with Gasteiger partial charge >= 0.3 is 0 Å². The number of aromatic nitrogens is 2. The number of aryl methyl sites for hydroxylation is 1. The topological polar surface area (TPSA) is 34.9 Å². The molecule has 0 spiro atoms. The van der Waals surface area contributed by atoms with E-state index >= 15 is 0 Å². The van der Waals surface area contributed by atoms with Gasteiger partial charge in [-0.05, 0) is 25.0 Å². The lowest BCUT2D eigenvalue weighted by Gasteiger charge is -2.11. The molecule has 1 heterocycles. The maximum atomic E-state index is 12.3. The van der Waals surface area contributed by atoms with Gasteiger partial charge in [-0.3, -0.25) is 9.36 Å². The molecule has 90 valence electrons. The minimum absolute atomic E-state index is 0.0981. The van der Waals surface area contributed by atoms with Crippen LogP contribution in [0.3, 0.4) is 0 Å². The summed E-state index contributed by atoms with van der Waals surface area (Å²) < 4.78 is 1.83. The second-order valence-corrected chi connectivity index (χ2v) is 4.25. The number of hydrogen-bond donors (Lipinski definition) is 0. The zero-order valence-electron chi connectivity index (χ0n) is 10.4. The van der Waals surface area contributed by atoms with Crippen molar-refractivity contribution < 1.29 is 0 Å². The molecular formula is C14H18N2O. The van der Waals surface area contributed by atoms with E-state index in [1.54, 1.807) is 0 Å². The van der Waals surface area contributed by atoms with Crippen LogP contribution in [0.4, 0.5) is 0 Å². The summed E-state index contributed by atoms with van der Waals surface area (Å²) in [6, 6.07) is 7.58. The van der Waals surface area contributed by atoms with E-state index in [0.29, 0.717) is 0 Å². The molecule has 0 fully saturated rings. The molecular weight excluding hydrogens is 212 g/mol. The number of fused-ring (bicyclic) bond motifs is 1. The Kier molecular flexibility index (Phi) is 3.57. The van der Waals surface area contributed by atoms with Crippen molar-refractivity contribution in [2.45, 2.75) is 39.7 Å². The molecule has 0 atom stereocenters. The van der Waals surface area contributed by atoms with Gasteiger partial charge in [-0.15, -0.1) is 0 Å². The second-order valence-electron chi connectivity index (χ2n) is 4.25. The predicted molar refractivity (Wildman–Crippen MR) is 70.3 cm³/mol. The minimum Gasteiger partial charge on any atom is -0.296 e. The Morgan fingerprint density at radius 3 is 2.65 bits per heavy atom. The Hall–Kier alpha value is -1.64. The molecule has 0 saturated carbocycles. The number of hydrogen-bond acceptors (Lipinski definition) is 2. The lowest BCUT2D eigenvalue weighted by atomic mass is 10.2. The summed E-state index contributed by atoms with van der Waals surface area (Å²) in [5.41, 5.74) is 0.911. The highest BCUT2D eigenvalue weighted by Crippen LogP contribution is 2.09. The Balaban J connectivity index is 2.69. The van der Waals surface area contributed by atoms with Crippen LogP contribution in [0.1, 0.15) is 32.5 Å². The fourth-order valence-electron chi connectivity index (χ4n) is 2.08. The molecule has 3 nitrogen and oxygen atoms in total. The molecule has 0 radical (unpaired) electrons. The van der Waals surface area contributed by atoms with Crippen molar-refractivity contribution in [3.05, 3.63) is 40.4 Å². The van der Waals surface area contributed by atoms with E-state index < -0.39 is 0 Å². The standard InChI is InChI=1S/C14H18N2O/c1-3-7-13-15-12-9-6-5-8-11(12)14(17)16(13)10-4-2/h5-6,8-9H,3-4,7,10H2,1-2H3. The number of rotatable bonds is 4. The quantitative estimate of drug-likeness (QED) is 0.809. The fourth-order valence-corrected chi connectivity index (χ4v) is 2.08. The van der Waals surface area contributed by atoms with Gasteiger partial charge in [-0.25, -0.2) is 4.98 Å². The first-order valence-electron chi connectivity index (χ1n) is 6.26. The van der Waals surface area contributed by atoms with Crippen molar-refractivity contribution in [2.75, 3.05) is 0 Å². The summed E-state index contributed by atoms with van der Waals surface area (Å²) >= 11 is 0. The molecule has 0 amide bonds. The summed E-state index contributed by atoms with van der Waals surface area (Å²) in [5, 5.41) is 0.723. The van der Waals surface area contributed by atoms with Gasteiger partial charge in [0.25, 0.3) is 5.56 Å². The minimum atomic E-state index is 0.0981. The monoisotopic (exact) mass is 230 g/mol. The van der Waals surface area contributed by atoms with E-state index in [2.05, 4.69) is 18.8 Å². The molecule has 0 aliphatic heterocycles. The summed E-state index contributed by atoms with van der Waals surface area (Å²) in [6.45, 7) is 4.95. The highest BCUT2D eigenvalue weighted by molar-refractivity contribution is 5.77. The zero-order valence-corrected chi connectivity index (χ0v) is 10.4. The smallest absolute Gasteiger partial charge is 0.261 e. The first-order chi connectivity index (χ1) is 8.27. The zero-order chi connectivity index (χ0) is 12.3. The van der Waals surface area contributed by atoms with Gasteiger partial charge < -0.3 is 0 Å². The molecule has 2 aromatic rings. The van der Waals surface area contributed by atoms with Crippen LogP contribution < -0.4 is 5.56 Å². The van der Waals surface area contributed by atoms with Crippen LogP contribution in [-0.4, -0.2) is 9.55 Å². The van der Waals surface area contributed by atoms with E-state index in [9.17, 15) is 4.79 Å². The Labute approximate surface area is 101 Å².